The largest absolute Gasteiger partial charge is 0.298 e. The minimum absolute atomic E-state index is 0.608. The van der Waals surface area contributed by atoms with E-state index in [9.17, 15) is 4.79 Å². The Morgan fingerprint density at radius 2 is 2.21 bits per heavy atom. The molecule has 0 aliphatic heterocycles. The molecule has 1 heterocycles. The van der Waals surface area contributed by atoms with Crippen LogP contribution < -0.4 is 0 Å². The van der Waals surface area contributed by atoms with E-state index < -0.39 is 0 Å². The standard InChI is InChI=1S/C10H7BrN2O/c11-9-3-1-4-10(8(9)7-14)13-6-2-5-12-13/h1-7H. The predicted molar refractivity (Wildman–Crippen MR) is 56.7 cm³/mol. The van der Waals surface area contributed by atoms with Crippen molar-refractivity contribution in [3.63, 3.8) is 0 Å². The molecule has 4 heteroatoms. The summed E-state index contributed by atoms with van der Waals surface area (Å²) < 4.78 is 2.44. The molecule has 70 valence electrons. The first-order valence-corrected chi connectivity index (χ1v) is 4.86. The number of hydrogen-bond acceptors (Lipinski definition) is 2. The van der Waals surface area contributed by atoms with Gasteiger partial charge in [0.1, 0.15) is 0 Å². The van der Waals surface area contributed by atoms with E-state index in [0.29, 0.717) is 5.56 Å². The number of nitrogens with zero attached hydrogens (tertiary/aromatic N) is 2. The zero-order valence-electron chi connectivity index (χ0n) is 7.22. The number of benzene rings is 1. The van der Waals surface area contributed by atoms with Crippen molar-refractivity contribution in [3.05, 3.63) is 46.7 Å². The molecule has 1 aromatic carbocycles. The van der Waals surface area contributed by atoms with E-state index in [1.165, 1.54) is 0 Å². The predicted octanol–water partition coefficient (Wildman–Crippen LogP) is 2.45. The van der Waals surface area contributed by atoms with Crippen LogP contribution in [0.2, 0.25) is 0 Å². The van der Waals surface area contributed by atoms with E-state index in [-0.39, 0.29) is 0 Å². The van der Waals surface area contributed by atoms with Gasteiger partial charge in [0.05, 0.1) is 11.3 Å². The molecular weight excluding hydrogens is 244 g/mol. The molecule has 2 aromatic rings. The molecule has 0 aliphatic carbocycles. The fraction of sp³-hybridized carbons (Fsp3) is 0. The van der Waals surface area contributed by atoms with E-state index in [2.05, 4.69) is 21.0 Å². The topological polar surface area (TPSA) is 34.9 Å². The summed E-state index contributed by atoms with van der Waals surface area (Å²) in [5.74, 6) is 0. The summed E-state index contributed by atoms with van der Waals surface area (Å²) >= 11 is 3.32. The fourth-order valence-electron chi connectivity index (χ4n) is 1.25. The fourth-order valence-corrected chi connectivity index (χ4v) is 1.70. The molecule has 2 rings (SSSR count). The summed E-state index contributed by atoms with van der Waals surface area (Å²) in [4.78, 5) is 10.9. The van der Waals surface area contributed by atoms with E-state index in [1.807, 2.05) is 24.3 Å². The molecule has 0 N–H and O–H groups in total. The summed E-state index contributed by atoms with van der Waals surface area (Å²) in [7, 11) is 0. The molecule has 0 bridgehead atoms. The van der Waals surface area contributed by atoms with Gasteiger partial charge in [0, 0.05) is 16.9 Å². The van der Waals surface area contributed by atoms with Crippen LogP contribution in [0.1, 0.15) is 10.4 Å². The average molecular weight is 251 g/mol. The maximum Gasteiger partial charge on any atom is 0.153 e. The molecule has 0 atom stereocenters. The number of aldehydes is 1. The summed E-state index contributed by atoms with van der Waals surface area (Å²) in [6, 6.07) is 7.36. The normalized spacial score (nSPS) is 10.1. The van der Waals surface area contributed by atoms with Crippen molar-refractivity contribution in [3.8, 4) is 5.69 Å². The second kappa shape index (κ2) is 3.75. The number of carbonyl (C=O) groups is 1. The summed E-state index contributed by atoms with van der Waals surface area (Å²) in [5.41, 5.74) is 1.38. The highest BCUT2D eigenvalue weighted by atomic mass is 79.9. The Morgan fingerprint density at radius 1 is 1.36 bits per heavy atom. The molecule has 14 heavy (non-hydrogen) atoms. The Bertz CT molecular complexity index is 451. The quantitative estimate of drug-likeness (QED) is 0.768. The first kappa shape index (κ1) is 9.15. The molecular formula is C10H7BrN2O. The minimum Gasteiger partial charge on any atom is -0.298 e. The van der Waals surface area contributed by atoms with Gasteiger partial charge in [0.2, 0.25) is 0 Å². The Morgan fingerprint density at radius 3 is 2.86 bits per heavy atom. The van der Waals surface area contributed by atoms with Crippen LogP contribution in [0.5, 0.6) is 0 Å². The first-order chi connectivity index (χ1) is 6.83. The van der Waals surface area contributed by atoms with Gasteiger partial charge in [0.15, 0.2) is 6.29 Å². The van der Waals surface area contributed by atoms with Crippen LogP contribution in [0.4, 0.5) is 0 Å². The van der Waals surface area contributed by atoms with Gasteiger partial charge in [-0.3, -0.25) is 4.79 Å². The minimum atomic E-state index is 0.608. The molecule has 0 radical (unpaired) electrons. The number of carbonyl (C=O) groups excluding carboxylic acids is 1. The van der Waals surface area contributed by atoms with Gasteiger partial charge in [0.25, 0.3) is 0 Å². The van der Waals surface area contributed by atoms with Crippen LogP contribution in [0.15, 0.2) is 41.1 Å². The van der Waals surface area contributed by atoms with Crippen molar-refractivity contribution in [2.24, 2.45) is 0 Å². The van der Waals surface area contributed by atoms with Gasteiger partial charge >= 0.3 is 0 Å². The highest BCUT2D eigenvalue weighted by molar-refractivity contribution is 9.10. The van der Waals surface area contributed by atoms with Crippen molar-refractivity contribution < 1.29 is 4.79 Å². The zero-order chi connectivity index (χ0) is 9.97. The SMILES string of the molecule is O=Cc1c(Br)cccc1-n1cccn1. The van der Waals surface area contributed by atoms with Crippen LogP contribution in [0.3, 0.4) is 0 Å². The van der Waals surface area contributed by atoms with E-state index in [1.54, 1.807) is 17.1 Å². The maximum atomic E-state index is 10.9. The maximum absolute atomic E-state index is 10.9. The lowest BCUT2D eigenvalue weighted by atomic mass is 10.2. The van der Waals surface area contributed by atoms with E-state index in [4.69, 9.17) is 0 Å². The van der Waals surface area contributed by atoms with Crippen molar-refractivity contribution in [1.29, 1.82) is 0 Å². The van der Waals surface area contributed by atoms with Crippen LogP contribution in [0, 0.1) is 0 Å². The number of rotatable bonds is 2. The highest BCUT2D eigenvalue weighted by Gasteiger charge is 2.06. The molecule has 0 saturated heterocycles. The average Bonchev–Trinajstić information content (AvgIpc) is 2.70. The molecule has 0 aliphatic rings. The monoisotopic (exact) mass is 250 g/mol. The van der Waals surface area contributed by atoms with Gasteiger partial charge in [-0.05, 0) is 34.1 Å². The Labute approximate surface area is 89.5 Å². The molecule has 0 amide bonds. The molecule has 0 unspecified atom stereocenters. The van der Waals surface area contributed by atoms with Gasteiger partial charge in [-0.2, -0.15) is 5.10 Å². The van der Waals surface area contributed by atoms with E-state index >= 15 is 0 Å². The van der Waals surface area contributed by atoms with Crippen molar-refractivity contribution >= 4 is 22.2 Å². The molecule has 1 aromatic heterocycles. The van der Waals surface area contributed by atoms with Crippen molar-refractivity contribution in [2.75, 3.05) is 0 Å². The molecule has 3 nitrogen and oxygen atoms in total. The lowest BCUT2D eigenvalue weighted by Crippen LogP contribution is -1.99. The van der Waals surface area contributed by atoms with Gasteiger partial charge in [-0.1, -0.05) is 6.07 Å². The van der Waals surface area contributed by atoms with Crippen LogP contribution in [0.25, 0.3) is 5.69 Å². The van der Waals surface area contributed by atoms with Crippen molar-refractivity contribution in [1.82, 2.24) is 9.78 Å². The third-order valence-electron chi connectivity index (χ3n) is 1.90. The smallest absolute Gasteiger partial charge is 0.153 e. The van der Waals surface area contributed by atoms with Gasteiger partial charge in [-0.25, -0.2) is 4.68 Å². The second-order valence-corrected chi connectivity index (χ2v) is 3.60. The van der Waals surface area contributed by atoms with Gasteiger partial charge < -0.3 is 0 Å². The Kier molecular flexibility index (Phi) is 2.45. The van der Waals surface area contributed by atoms with Crippen LogP contribution in [-0.4, -0.2) is 16.1 Å². The Balaban J connectivity index is 2.64. The second-order valence-electron chi connectivity index (χ2n) is 2.74. The Hall–Kier alpha value is -1.42. The zero-order valence-corrected chi connectivity index (χ0v) is 8.81. The molecule has 0 spiro atoms. The highest BCUT2D eigenvalue weighted by Crippen LogP contribution is 2.21. The summed E-state index contributed by atoms with van der Waals surface area (Å²) in [5, 5.41) is 4.07. The third-order valence-corrected chi connectivity index (χ3v) is 2.59. The number of hydrogen-bond donors (Lipinski definition) is 0. The lowest BCUT2D eigenvalue weighted by molar-refractivity contribution is 0.112. The van der Waals surface area contributed by atoms with Crippen LogP contribution >= 0.6 is 15.9 Å². The summed E-state index contributed by atoms with van der Waals surface area (Å²) in [6.07, 6.45) is 4.30. The number of aromatic nitrogens is 2. The van der Waals surface area contributed by atoms with Crippen molar-refractivity contribution in [2.45, 2.75) is 0 Å². The lowest BCUT2D eigenvalue weighted by Gasteiger charge is -2.05. The van der Waals surface area contributed by atoms with Gasteiger partial charge in [-0.15, -0.1) is 0 Å². The number of halogens is 1. The first-order valence-electron chi connectivity index (χ1n) is 4.06. The van der Waals surface area contributed by atoms with E-state index in [0.717, 1.165) is 16.4 Å². The molecule has 0 saturated carbocycles. The summed E-state index contributed by atoms with van der Waals surface area (Å²) in [6.45, 7) is 0. The third kappa shape index (κ3) is 1.48. The molecule has 0 fully saturated rings. The van der Waals surface area contributed by atoms with Crippen LogP contribution in [-0.2, 0) is 0 Å².